The lowest BCUT2D eigenvalue weighted by Gasteiger charge is -1.97. The molecule has 1 nitrogen and oxygen atoms in total. The molecule has 0 radical (unpaired) electrons. The van der Waals surface area contributed by atoms with Gasteiger partial charge in [0.05, 0.1) is 0 Å². The highest BCUT2D eigenvalue weighted by atomic mass is 35.5. The van der Waals surface area contributed by atoms with Crippen LogP contribution in [0.15, 0.2) is 30.3 Å². The molecule has 0 N–H and O–H groups in total. The maximum atomic E-state index is 11.3. The molecule has 1 aromatic rings. The fourth-order valence-electron chi connectivity index (χ4n) is 0.945. The highest BCUT2D eigenvalue weighted by Crippen LogP contribution is 2.11. The topological polar surface area (TPSA) is 17.1 Å². The van der Waals surface area contributed by atoms with Crippen molar-refractivity contribution in [2.24, 2.45) is 5.92 Å². The third-order valence-corrected chi connectivity index (χ3v) is 2.13. The summed E-state index contributed by atoms with van der Waals surface area (Å²) in [6.45, 7) is 3.77. The molecule has 0 spiro atoms. The van der Waals surface area contributed by atoms with Crippen molar-refractivity contribution in [3.8, 4) is 0 Å². The summed E-state index contributed by atoms with van der Waals surface area (Å²) in [6, 6.07) is 7.38. The first-order chi connectivity index (χ1) is 6.59. The van der Waals surface area contributed by atoms with Crippen LogP contribution < -0.4 is 0 Å². The quantitative estimate of drug-likeness (QED) is 0.694. The molecular formula is C12H13ClO. The monoisotopic (exact) mass is 208 g/mol. The summed E-state index contributed by atoms with van der Waals surface area (Å²) in [4.78, 5) is 11.3. The van der Waals surface area contributed by atoms with E-state index in [0.717, 1.165) is 5.56 Å². The van der Waals surface area contributed by atoms with Gasteiger partial charge in [0.2, 0.25) is 0 Å². The van der Waals surface area contributed by atoms with Crippen LogP contribution in [0.1, 0.15) is 19.4 Å². The van der Waals surface area contributed by atoms with Gasteiger partial charge in [-0.2, -0.15) is 0 Å². The Balaban J connectivity index is 2.69. The minimum atomic E-state index is 0.0542. The van der Waals surface area contributed by atoms with E-state index >= 15 is 0 Å². The van der Waals surface area contributed by atoms with Gasteiger partial charge in [0.25, 0.3) is 0 Å². The normalized spacial score (nSPS) is 11.1. The van der Waals surface area contributed by atoms with E-state index in [1.54, 1.807) is 24.3 Å². The Hall–Kier alpha value is -1.08. The summed E-state index contributed by atoms with van der Waals surface area (Å²) in [5.74, 6) is 0.193. The van der Waals surface area contributed by atoms with E-state index in [1.807, 2.05) is 26.0 Å². The Labute approximate surface area is 89.4 Å². The van der Waals surface area contributed by atoms with Crippen LogP contribution in [0.5, 0.6) is 0 Å². The predicted molar refractivity (Wildman–Crippen MR) is 60.3 cm³/mol. The molecule has 0 aliphatic carbocycles. The second-order valence-electron chi connectivity index (χ2n) is 3.44. The van der Waals surface area contributed by atoms with Crippen LogP contribution in [0.25, 0.3) is 6.08 Å². The minimum Gasteiger partial charge on any atom is -0.295 e. The maximum absolute atomic E-state index is 11.3. The highest BCUT2D eigenvalue weighted by molar-refractivity contribution is 6.30. The van der Waals surface area contributed by atoms with Gasteiger partial charge < -0.3 is 0 Å². The molecule has 0 amide bonds. The predicted octanol–water partition coefficient (Wildman–Crippen LogP) is 3.58. The number of benzene rings is 1. The maximum Gasteiger partial charge on any atom is 0.158 e. The molecule has 0 unspecified atom stereocenters. The molecule has 0 bridgehead atoms. The van der Waals surface area contributed by atoms with E-state index in [9.17, 15) is 4.79 Å². The Morgan fingerprint density at radius 2 is 1.86 bits per heavy atom. The van der Waals surface area contributed by atoms with E-state index in [2.05, 4.69) is 0 Å². The number of rotatable bonds is 3. The zero-order valence-electron chi connectivity index (χ0n) is 8.33. The number of hydrogen-bond donors (Lipinski definition) is 0. The molecule has 0 aromatic heterocycles. The number of allylic oxidation sites excluding steroid dienone is 1. The van der Waals surface area contributed by atoms with E-state index in [0.29, 0.717) is 5.02 Å². The summed E-state index contributed by atoms with van der Waals surface area (Å²) in [5, 5.41) is 0.706. The third kappa shape index (κ3) is 3.35. The fraction of sp³-hybridized carbons (Fsp3) is 0.250. The van der Waals surface area contributed by atoms with Crippen LogP contribution in [0.4, 0.5) is 0 Å². The van der Waals surface area contributed by atoms with Crippen molar-refractivity contribution in [3.63, 3.8) is 0 Å². The van der Waals surface area contributed by atoms with Crippen LogP contribution in [0, 0.1) is 5.92 Å². The van der Waals surface area contributed by atoms with Crippen LogP contribution >= 0.6 is 11.6 Å². The van der Waals surface area contributed by atoms with Crippen LogP contribution in [0.3, 0.4) is 0 Å². The summed E-state index contributed by atoms with van der Waals surface area (Å²) < 4.78 is 0. The average Bonchev–Trinajstić information content (AvgIpc) is 2.16. The summed E-state index contributed by atoms with van der Waals surface area (Å²) in [7, 11) is 0. The molecule has 1 rings (SSSR count). The first-order valence-electron chi connectivity index (χ1n) is 4.57. The Morgan fingerprint density at radius 3 is 2.36 bits per heavy atom. The number of ketones is 1. The fourth-order valence-corrected chi connectivity index (χ4v) is 1.07. The zero-order chi connectivity index (χ0) is 10.6. The molecule has 0 saturated carbocycles. The van der Waals surface area contributed by atoms with Crippen LogP contribution in [-0.4, -0.2) is 5.78 Å². The first-order valence-corrected chi connectivity index (χ1v) is 4.95. The van der Waals surface area contributed by atoms with Gasteiger partial charge in [-0.1, -0.05) is 43.7 Å². The van der Waals surface area contributed by atoms with Crippen molar-refractivity contribution < 1.29 is 4.79 Å². The third-order valence-electron chi connectivity index (χ3n) is 1.88. The van der Waals surface area contributed by atoms with Gasteiger partial charge in [0, 0.05) is 10.9 Å². The largest absolute Gasteiger partial charge is 0.295 e. The molecule has 1 aromatic carbocycles. The Morgan fingerprint density at radius 1 is 1.29 bits per heavy atom. The second-order valence-corrected chi connectivity index (χ2v) is 3.88. The van der Waals surface area contributed by atoms with Gasteiger partial charge >= 0.3 is 0 Å². The van der Waals surface area contributed by atoms with E-state index in [-0.39, 0.29) is 11.7 Å². The van der Waals surface area contributed by atoms with Gasteiger partial charge in [-0.25, -0.2) is 0 Å². The van der Waals surface area contributed by atoms with Gasteiger partial charge in [0.15, 0.2) is 5.78 Å². The number of carbonyl (C=O) groups is 1. The van der Waals surface area contributed by atoms with Crippen molar-refractivity contribution in [2.45, 2.75) is 13.8 Å². The number of carbonyl (C=O) groups excluding carboxylic acids is 1. The Kier molecular flexibility index (Phi) is 3.90. The zero-order valence-corrected chi connectivity index (χ0v) is 9.08. The molecule has 0 fully saturated rings. The van der Waals surface area contributed by atoms with Crippen molar-refractivity contribution in [3.05, 3.63) is 40.9 Å². The van der Waals surface area contributed by atoms with Crippen molar-refractivity contribution >= 4 is 23.5 Å². The van der Waals surface area contributed by atoms with Gasteiger partial charge in [-0.3, -0.25) is 4.79 Å². The lowest BCUT2D eigenvalue weighted by Crippen LogP contribution is -2.01. The molecule has 0 saturated heterocycles. The molecule has 0 aliphatic heterocycles. The number of halogens is 1. The standard InChI is InChI=1S/C12H13ClO/c1-9(2)12(14)8-5-10-3-6-11(13)7-4-10/h3-9H,1-2H3/b8-5+. The molecule has 0 aliphatic rings. The summed E-state index contributed by atoms with van der Waals surface area (Å²) in [6.07, 6.45) is 3.41. The highest BCUT2D eigenvalue weighted by Gasteiger charge is 2.00. The molecule has 0 atom stereocenters. The second kappa shape index (κ2) is 4.97. The lowest BCUT2D eigenvalue weighted by molar-refractivity contribution is -0.117. The van der Waals surface area contributed by atoms with Gasteiger partial charge in [-0.15, -0.1) is 0 Å². The van der Waals surface area contributed by atoms with Crippen molar-refractivity contribution in [1.29, 1.82) is 0 Å². The van der Waals surface area contributed by atoms with E-state index in [4.69, 9.17) is 11.6 Å². The first kappa shape index (κ1) is 11.0. The number of hydrogen-bond acceptors (Lipinski definition) is 1. The SMILES string of the molecule is CC(C)C(=O)/C=C/c1ccc(Cl)cc1. The molecular weight excluding hydrogens is 196 g/mol. The molecule has 14 heavy (non-hydrogen) atoms. The van der Waals surface area contributed by atoms with Crippen LogP contribution in [-0.2, 0) is 4.79 Å². The molecule has 2 heteroatoms. The molecule has 74 valence electrons. The average molecular weight is 209 g/mol. The smallest absolute Gasteiger partial charge is 0.158 e. The lowest BCUT2D eigenvalue weighted by atomic mass is 10.1. The minimum absolute atomic E-state index is 0.0542. The van der Waals surface area contributed by atoms with Crippen molar-refractivity contribution in [2.75, 3.05) is 0 Å². The van der Waals surface area contributed by atoms with Crippen molar-refractivity contribution in [1.82, 2.24) is 0 Å². The summed E-state index contributed by atoms with van der Waals surface area (Å²) in [5.41, 5.74) is 0.989. The summed E-state index contributed by atoms with van der Waals surface area (Å²) >= 11 is 5.73. The van der Waals surface area contributed by atoms with E-state index < -0.39 is 0 Å². The van der Waals surface area contributed by atoms with Crippen LogP contribution in [0.2, 0.25) is 5.02 Å². The Bertz CT molecular complexity index is 336. The molecule has 0 heterocycles. The van der Waals surface area contributed by atoms with E-state index in [1.165, 1.54) is 0 Å². The van der Waals surface area contributed by atoms with Gasteiger partial charge in [-0.05, 0) is 23.8 Å². The van der Waals surface area contributed by atoms with Gasteiger partial charge in [0.1, 0.15) is 0 Å².